The Labute approximate surface area is 119 Å². The van der Waals surface area contributed by atoms with Crippen molar-refractivity contribution in [1.82, 2.24) is 5.43 Å². The lowest BCUT2D eigenvalue weighted by Gasteiger charge is -2.19. The molecule has 0 saturated heterocycles. The minimum Gasteiger partial charge on any atom is -0.308 e. The number of hydrazine groups is 1. The molecule has 1 fully saturated rings. The summed E-state index contributed by atoms with van der Waals surface area (Å²) < 4.78 is 28.1. The summed E-state index contributed by atoms with van der Waals surface area (Å²) in [6.45, 7) is 0. The van der Waals surface area contributed by atoms with Crippen molar-refractivity contribution in [2.45, 2.75) is 38.1 Å². The molecule has 0 radical (unpaired) electrons. The quantitative estimate of drug-likeness (QED) is 0.378. The van der Waals surface area contributed by atoms with Gasteiger partial charge in [-0.2, -0.15) is 0 Å². The van der Waals surface area contributed by atoms with Crippen molar-refractivity contribution in [3.63, 3.8) is 0 Å². The van der Waals surface area contributed by atoms with Gasteiger partial charge in [-0.15, -0.1) is 0 Å². The van der Waals surface area contributed by atoms with Gasteiger partial charge in [-0.3, -0.25) is 4.99 Å². The van der Waals surface area contributed by atoms with Crippen molar-refractivity contribution in [1.29, 1.82) is 0 Å². The van der Waals surface area contributed by atoms with E-state index in [-0.39, 0.29) is 17.4 Å². The Bertz CT molecular complexity index is 462. The van der Waals surface area contributed by atoms with E-state index in [4.69, 9.17) is 5.84 Å². The van der Waals surface area contributed by atoms with Gasteiger partial charge in [0, 0.05) is 4.47 Å². The number of aliphatic imine (C=N–C) groups is 1. The zero-order valence-electron chi connectivity index (χ0n) is 10.4. The first-order valence-electron chi connectivity index (χ1n) is 6.31. The molecule has 104 valence electrons. The average Bonchev–Trinajstić information content (AvgIpc) is 2.37. The van der Waals surface area contributed by atoms with E-state index in [9.17, 15) is 8.78 Å². The first-order valence-corrected chi connectivity index (χ1v) is 7.10. The van der Waals surface area contributed by atoms with Crippen LogP contribution in [0.15, 0.2) is 21.6 Å². The highest BCUT2D eigenvalue weighted by molar-refractivity contribution is 9.10. The van der Waals surface area contributed by atoms with Gasteiger partial charge in [0.1, 0.15) is 17.5 Å². The molecular formula is C13H16BrF2N3. The van der Waals surface area contributed by atoms with Crippen LogP contribution in [0, 0.1) is 11.6 Å². The first-order chi connectivity index (χ1) is 9.11. The molecule has 3 N–H and O–H groups in total. The molecule has 1 aliphatic carbocycles. The summed E-state index contributed by atoms with van der Waals surface area (Å²) in [6.07, 6.45) is 5.25. The summed E-state index contributed by atoms with van der Waals surface area (Å²) in [5, 5.41) is 0. The van der Waals surface area contributed by atoms with Crippen molar-refractivity contribution >= 4 is 21.8 Å². The third-order valence-electron chi connectivity index (χ3n) is 3.27. The van der Waals surface area contributed by atoms with Crippen LogP contribution >= 0.6 is 15.9 Å². The van der Waals surface area contributed by atoms with Gasteiger partial charge in [-0.25, -0.2) is 14.6 Å². The van der Waals surface area contributed by atoms with Crippen molar-refractivity contribution in [2.75, 3.05) is 0 Å². The van der Waals surface area contributed by atoms with Gasteiger partial charge in [-0.05, 0) is 25.0 Å². The second kappa shape index (κ2) is 6.43. The van der Waals surface area contributed by atoms with Gasteiger partial charge in [-0.1, -0.05) is 35.2 Å². The average molecular weight is 332 g/mol. The molecule has 1 aliphatic rings. The molecular weight excluding hydrogens is 316 g/mol. The van der Waals surface area contributed by atoms with Crippen LogP contribution in [0.25, 0.3) is 0 Å². The van der Waals surface area contributed by atoms with Gasteiger partial charge >= 0.3 is 0 Å². The van der Waals surface area contributed by atoms with E-state index in [0.29, 0.717) is 4.47 Å². The molecule has 1 aromatic carbocycles. The lowest BCUT2D eigenvalue weighted by Crippen LogP contribution is -2.34. The van der Waals surface area contributed by atoms with Gasteiger partial charge in [0.05, 0.1) is 11.6 Å². The number of amidine groups is 1. The number of hydrogen-bond acceptors (Lipinski definition) is 2. The largest absolute Gasteiger partial charge is 0.308 e. The zero-order valence-corrected chi connectivity index (χ0v) is 12.0. The Morgan fingerprint density at radius 1 is 1.21 bits per heavy atom. The summed E-state index contributed by atoms with van der Waals surface area (Å²) in [4.78, 5) is 4.36. The van der Waals surface area contributed by atoms with Crippen molar-refractivity contribution in [2.24, 2.45) is 10.8 Å². The fourth-order valence-electron chi connectivity index (χ4n) is 2.34. The predicted octanol–water partition coefficient (Wildman–Crippen LogP) is 3.27. The Morgan fingerprint density at radius 2 is 1.79 bits per heavy atom. The molecule has 0 aromatic heterocycles. The van der Waals surface area contributed by atoms with E-state index >= 15 is 0 Å². The molecule has 0 aliphatic heterocycles. The molecule has 3 nitrogen and oxygen atoms in total. The van der Waals surface area contributed by atoms with Gasteiger partial charge < -0.3 is 5.43 Å². The lowest BCUT2D eigenvalue weighted by atomic mass is 9.96. The van der Waals surface area contributed by atoms with Crippen LogP contribution in [0.5, 0.6) is 0 Å². The number of rotatable bonds is 2. The second-order valence-electron chi connectivity index (χ2n) is 4.66. The van der Waals surface area contributed by atoms with E-state index in [2.05, 4.69) is 26.3 Å². The summed E-state index contributed by atoms with van der Waals surface area (Å²) in [6, 6.07) is 2.49. The molecule has 0 amide bonds. The summed E-state index contributed by atoms with van der Waals surface area (Å²) in [7, 11) is 0. The SMILES string of the molecule is NNC(=NC1CCCCC1)c1c(F)cc(Br)cc1F. The molecule has 0 atom stereocenters. The fraction of sp³-hybridized carbons (Fsp3) is 0.462. The lowest BCUT2D eigenvalue weighted by molar-refractivity contribution is 0.442. The van der Waals surface area contributed by atoms with Gasteiger partial charge in [0.25, 0.3) is 0 Å². The number of nitrogens with two attached hydrogens (primary N) is 1. The fourth-order valence-corrected chi connectivity index (χ4v) is 2.74. The molecule has 0 bridgehead atoms. The molecule has 1 saturated carbocycles. The van der Waals surface area contributed by atoms with Crippen molar-refractivity contribution in [3.8, 4) is 0 Å². The Kier molecular flexibility index (Phi) is 4.87. The standard InChI is InChI=1S/C13H16BrF2N3/c14-8-6-10(15)12(11(16)7-8)13(19-17)18-9-4-2-1-3-5-9/h6-7,9H,1-5,17H2,(H,18,19). The second-order valence-corrected chi connectivity index (χ2v) is 5.57. The first kappa shape index (κ1) is 14.4. The third-order valence-corrected chi connectivity index (χ3v) is 3.72. The predicted molar refractivity (Wildman–Crippen MR) is 74.8 cm³/mol. The molecule has 2 rings (SSSR count). The van der Waals surface area contributed by atoms with Crippen LogP contribution < -0.4 is 11.3 Å². The van der Waals surface area contributed by atoms with Crippen molar-refractivity contribution in [3.05, 3.63) is 33.8 Å². The third kappa shape index (κ3) is 3.51. The number of benzene rings is 1. The highest BCUT2D eigenvalue weighted by Gasteiger charge is 2.19. The minimum atomic E-state index is -0.681. The summed E-state index contributed by atoms with van der Waals surface area (Å²) in [5.74, 6) is 4.09. The van der Waals surface area contributed by atoms with E-state index < -0.39 is 11.6 Å². The molecule has 0 heterocycles. The van der Waals surface area contributed by atoms with Crippen LogP contribution in [0.4, 0.5) is 8.78 Å². The smallest absolute Gasteiger partial charge is 0.148 e. The minimum absolute atomic E-state index is 0.0781. The van der Waals surface area contributed by atoms with Crippen LogP contribution in [0.3, 0.4) is 0 Å². The monoisotopic (exact) mass is 331 g/mol. The maximum absolute atomic E-state index is 13.9. The van der Waals surface area contributed by atoms with Crippen LogP contribution in [-0.4, -0.2) is 11.9 Å². The Balaban J connectivity index is 2.33. The molecule has 0 spiro atoms. The highest BCUT2D eigenvalue weighted by atomic mass is 79.9. The molecule has 19 heavy (non-hydrogen) atoms. The number of halogens is 3. The van der Waals surface area contributed by atoms with E-state index in [1.165, 1.54) is 18.6 Å². The van der Waals surface area contributed by atoms with Crippen LogP contribution in [0.1, 0.15) is 37.7 Å². The van der Waals surface area contributed by atoms with E-state index in [1.807, 2.05) is 0 Å². The maximum atomic E-state index is 13.9. The summed E-state index contributed by atoms with van der Waals surface area (Å²) >= 11 is 3.05. The maximum Gasteiger partial charge on any atom is 0.148 e. The Hall–Kier alpha value is -1.01. The Morgan fingerprint density at radius 3 is 2.32 bits per heavy atom. The number of nitrogens with zero attached hydrogens (tertiary/aromatic N) is 1. The number of hydrogen-bond donors (Lipinski definition) is 2. The number of nitrogens with one attached hydrogen (secondary N) is 1. The normalized spacial score (nSPS) is 17.6. The topological polar surface area (TPSA) is 50.4 Å². The molecule has 0 unspecified atom stereocenters. The molecule has 6 heteroatoms. The van der Waals surface area contributed by atoms with E-state index in [1.54, 1.807) is 0 Å². The van der Waals surface area contributed by atoms with Crippen molar-refractivity contribution < 1.29 is 8.78 Å². The van der Waals surface area contributed by atoms with Crippen LogP contribution in [-0.2, 0) is 0 Å². The van der Waals surface area contributed by atoms with Gasteiger partial charge in [0.2, 0.25) is 0 Å². The van der Waals surface area contributed by atoms with E-state index in [0.717, 1.165) is 25.7 Å². The highest BCUT2D eigenvalue weighted by Crippen LogP contribution is 2.23. The zero-order chi connectivity index (χ0) is 13.8. The van der Waals surface area contributed by atoms with Gasteiger partial charge in [0.15, 0.2) is 0 Å². The molecule has 1 aromatic rings. The summed E-state index contributed by atoms with van der Waals surface area (Å²) in [5.41, 5.74) is 2.12. The van der Waals surface area contributed by atoms with Crippen LogP contribution in [0.2, 0.25) is 0 Å².